The van der Waals surface area contributed by atoms with Crippen molar-refractivity contribution in [2.24, 2.45) is 5.92 Å². The van der Waals surface area contributed by atoms with E-state index in [2.05, 4.69) is 0 Å². The normalized spacial score (nSPS) is 15.2. The van der Waals surface area contributed by atoms with E-state index >= 15 is 0 Å². The van der Waals surface area contributed by atoms with Crippen LogP contribution in [-0.2, 0) is 0 Å². The lowest BCUT2D eigenvalue weighted by atomic mass is 9.97. The monoisotopic (exact) mass is 343 g/mol. The highest BCUT2D eigenvalue weighted by Gasteiger charge is 2.25. The van der Waals surface area contributed by atoms with E-state index in [1.807, 2.05) is 24.3 Å². The largest absolute Gasteiger partial charge is 0.497 e. The van der Waals surface area contributed by atoms with E-state index in [0.29, 0.717) is 13.1 Å². The maximum atomic E-state index is 14.5. The number of piperidine rings is 1. The number of halogens is 1. The Kier molecular flexibility index (Phi) is 5.34. The highest BCUT2D eigenvalue weighted by molar-refractivity contribution is 5.95. The number of hydrogen-bond acceptors (Lipinski definition) is 3. The lowest BCUT2D eigenvalue weighted by molar-refractivity contribution is 0.0646. The molecular formula is C20H22FNO3. The number of methoxy groups -OCH3 is 1. The van der Waals surface area contributed by atoms with Gasteiger partial charge in [0.15, 0.2) is 0 Å². The van der Waals surface area contributed by atoms with Crippen molar-refractivity contribution < 1.29 is 19.0 Å². The average molecular weight is 343 g/mol. The molecule has 1 aliphatic heterocycles. The van der Waals surface area contributed by atoms with Gasteiger partial charge in [-0.3, -0.25) is 4.79 Å². The van der Waals surface area contributed by atoms with Crippen LogP contribution in [-0.4, -0.2) is 42.7 Å². The van der Waals surface area contributed by atoms with Gasteiger partial charge in [0.1, 0.15) is 11.6 Å². The van der Waals surface area contributed by atoms with E-state index < -0.39 is 5.82 Å². The number of carbonyl (C=O) groups excluding carboxylic acids is 1. The van der Waals surface area contributed by atoms with Crippen molar-refractivity contribution in [2.75, 3.05) is 26.8 Å². The number of aliphatic hydroxyl groups excluding tert-OH is 1. The summed E-state index contributed by atoms with van der Waals surface area (Å²) in [6, 6.07) is 12.1. The second-order valence-electron chi connectivity index (χ2n) is 6.34. The molecule has 2 aromatic rings. The fraction of sp³-hybridized carbons (Fsp3) is 0.350. The van der Waals surface area contributed by atoms with Gasteiger partial charge in [-0.25, -0.2) is 4.39 Å². The molecule has 0 aromatic heterocycles. The van der Waals surface area contributed by atoms with Gasteiger partial charge in [-0.1, -0.05) is 18.2 Å². The van der Waals surface area contributed by atoms with Crippen LogP contribution in [0.3, 0.4) is 0 Å². The zero-order chi connectivity index (χ0) is 17.8. The summed E-state index contributed by atoms with van der Waals surface area (Å²) in [4.78, 5) is 14.2. The predicted molar refractivity (Wildman–Crippen MR) is 94.1 cm³/mol. The SMILES string of the molecule is COc1ccc(-c2ccc(C(=O)N3CCC(CO)CC3)c(F)c2)cc1. The molecule has 132 valence electrons. The van der Waals surface area contributed by atoms with Crippen molar-refractivity contribution in [2.45, 2.75) is 12.8 Å². The van der Waals surface area contributed by atoms with Crippen molar-refractivity contribution in [3.8, 4) is 16.9 Å². The maximum Gasteiger partial charge on any atom is 0.256 e. The Balaban J connectivity index is 1.76. The molecule has 1 amide bonds. The lowest BCUT2D eigenvalue weighted by Gasteiger charge is -2.31. The maximum absolute atomic E-state index is 14.5. The minimum atomic E-state index is -0.511. The molecule has 2 aromatic carbocycles. The number of nitrogens with zero attached hydrogens (tertiary/aromatic N) is 1. The van der Waals surface area contributed by atoms with Gasteiger partial charge in [-0.15, -0.1) is 0 Å². The number of rotatable bonds is 4. The summed E-state index contributed by atoms with van der Waals surface area (Å²) < 4.78 is 19.6. The number of likely N-dealkylation sites (tertiary alicyclic amines) is 1. The minimum absolute atomic E-state index is 0.0970. The third-order valence-corrected chi connectivity index (χ3v) is 4.78. The fourth-order valence-corrected chi connectivity index (χ4v) is 3.14. The summed E-state index contributed by atoms with van der Waals surface area (Å²) in [5.41, 5.74) is 1.68. The van der Waals surface area contributed by atoms with Crippen LogP contribution in [0.5, 0.6) is 5.75 Å². The van der Waals surface area contributed by atoms with Crippen LogP contribution in [0.15, 0.2) is 42.5 Å². The first kappa shape index (κ1) is 17.4. The van der Waals surface area contributed by atoms with Gasteiger partial charge in [0.05, 0.1) is 12.7 Å². The topological polar surface area (TPSA) is 49.8 Å². The van der Waals surface area contributed by atoms with Crippen LogP contribution in [0.2, 0.25) is 0 Å². The van der Waals surface area contributed by atoms with E-state index in [1.165, 1.54) is 6.07 Å². The van der Waals surface area contributed by atoms with Crippen molar-refractivity contribution >= 4 is 5.91 Å². The Morgan fingerprint density at radius 3 is 2.36 bits per heavy atom. The van der Waals surface area contributed by atoms with Crippen LogP contribution < -0.4 is 4.74 Å². The molecule has 1 saturated heterocycles. The molecule has 1 heterocycles. The summed E-state index contributed by atoms with van der Waals surface area (Å²) in [7, 11) is 1.60. The molecule has 0 unspecified atom stereocenters. The van der Waals surface area contributed by atoms with Gasteiger partial charge in [-0.2, -0.15) is 0 Å². The van der Waals surface area contributed by atoms with E-state index in [0.717, 1.165) is 29.7 Å². The molecule has 1 N–H and O–H groups in total. The highest BCUT2D eigenvalue weighted by atomic mass is 19.1. The molecule has 0 radical (unpaired) electrons. The number of amides is 1. The van der Waals surface area contributed by atoms with Crippen LogP contribution in [0, 0.1) is 11.7 Å². The first-order valence-electron chi connectivity index (χ1n) is 8.46. The second-order valence-corrected chi connectivity index (χ2v) is 6.34. The third-order valence-electron chi connectivity index (χ3n) is 4.78. The Labute approximate surface area is 146 Å². The van der Waals surface area contributed by atoms with Gasteiger partial charge >= 0.3 is 0 Å². The molecule has 25 heavy (non-hydrogen) atoms. The van der Waals surface area contributed by atoms with Gasteiger partial charge < -0.3 is 14.7 Å². The molecular weight excluding hydrogens is 321 g/mol. The molecule has 3 rings (SSSR count). The zero-order valence-corrected chi connectivity index (χ0v) is 14.2. The smallest absolute Gasteiger partial charge is 0.256 e. The lowest BCUT2D eigenvalue weighted by Crippen LogP contribution is -2.39. The zero-order valence-electron chi connectivity index (χ0n) is 14.2. The minimum Gasteiger partial charge on any atom is -0.497 e. The molecule has 5 heteroatoms. The highest BCUT2D eigenvalue weighted by Crippen LogP contribution is 2.26. The standard InChI is InChI=1S/C20H22FNO3/c1-25-17-5-2-15(3-6-17)16-4-7-18(19(21)12-16)20(24)22-10-8-14(13-23)9-11-22/h2-7,12,14,23H,8-11,13H2,1H3. The van der Waals surface area contributed by atoms with Crippen molar-refractivity contribution in [3.63, 3.8) is 0 Å². The van der Waals surface area contributed by atoms with Crippen molar-refractivity contribution in [1.29, 1.82) is 0 Å². The molecule has 0 saturated carbocycles. The third kappa shape index (κ3) is 3.82. The fourth-order valence-electron chi connectivity index (χ4n) is 3.14. The first-order valence-corrected chi connectivity index (χ1v) is 8.46. The van der Waals surface area contributed by atoms with Crippen LogP contribution in [0.1, 0.15) is 23.2 Å². The molecule has 1 aliphatic rings. The van der Waals surface area contributed by atoms with Crippen LogP contribution in [0.4, 0.5) is 4.39 Å². The Bertz CT molecular complexity index is 737. The number of hydrogen-bond donors (Lipinski definition) is 1. The summed E-state index contributed by atoms with van der Waals surface area (Å²) in [5.74, 6) is 0.186. The van der Waals surface area contributed by atoms with Crippen LogP contribution >= 0.6 is 0 Å². The summed E-state index contributed by atoms with van der Waals surface area (Å²) >= 11 is 0. The molecule has 0 spiro atoms. The Morgan fingerprint density at radius 1 is 1.16 bits per heavy atom. The van der Waals surface area contributed by atoms with E-state index in [9.17, 15) is 14.3 Å². The Hall–Kier alpha value is -2.40. The summed E-state index contributed by atoms with van der Waals surface area (Å²) in [5, 5.41) is 9.18. The van der Waals surface area contributed by atoms with Crippen LogP contribution in [0.25, 0.3) is 11.1 Å². The quantitative estimate of drug-likeness (QED) is 0.926. The summed E-state index contributed by atoms with van der Waals surface area (Å²) in [6.07, 6.45) is 1.52. The van der Waals surface area contributed by atoms with Gasteiger partial charge in [0, 0.05) is 19.7 Å². The van der Waals surface area contributed by atoms with Gasteiger partial charge in [-0.05, 0) is 54.2 Å². The van der Waals surface area contributed by atoms with Gasteiger partial charge in [0.25, 0.3) is 5.91 Å². The Morgan fingerprint density at radius 2 is 1.80 bits per heavy atom. The number of benzene rings is 2. The first-order chi connectivity index (χ1) is 12.1. The predicted octanol–water partition coefficient (Wildman–Crippen LogP) is 3.35. The molecule has 4 nitrogen and oxygen atoms in total. The number of carbonyl (C=O) groups is 1. The van der Waals surface area contributed by atoms with Gasteiger partial charge in [0.2, 0.25) is 0 Å². The number of ether oxygens (including phenoxy) is 1. The second kappa shape index (κ2) is 7.66. The summed E-state index contributed by atoms with van der Waals surface area (Å²) in [6.45, 7) is 1.26. The molecule has 0 aliphatic carbocycles. The molecule has 1 fully saturated rings. The van der Waals surface area contributed by atoms with E-state index in [4.69, 9.17) is 4.74 Å². The molecule has 0 atom stereocenters. The average Bonchev–Trinajstić information content (AvgIpc) is 2.67. The van der Waals surface area contributed by atoms with Crippen molar-refractivity contribution in [1.82, 2.24) is 4.90 Å². The molecule has 0 bridgehead atoms. The van der Waals surface area contributed by atoms with Crippen molar-refractivity contribution in [3.05, 3.63) is 53.8 Å². The van der Waals surface area contributed by atoms with E-state index in [-0.39, 0.29) is 24.0 Å². The van der Waals surface area contributed by atoms with E-state index in [1.54, 1.807) is 24.1 Å². The number of aliphatic hydroxyl groups is 1.